The fourth-order valence-corrected chi connectivity index (χ4v) is 2.43. The standard InChI is InChI=1S/C13H17BrN2O/c1-3-8(2)12(16-15)11-7-9-5-4-6-10(14)13(9)17-11/h4-8,12,16H,3,15H2,1-2H3. The fourth-order valence-electron chi connectivity index (χ4n) is 1.96. The molecule has 0 aliphatic rings. The Morgan fingerprint density at radius 3 is 2.82 bits per heavy atom. The molecule has 1 heterocycles. The number of hydrogen-bond donors (Lipinski definition) is 2. The third-order valence-electron chi connectivity index (χ3n) is 3.21. The Balaban J connectivity index is 2.44. The summed E-state index contributed by atoms with van der Waals surface area (Å²) in [6.45, 7) is 4.31. The predicted molar refractivity (Wildman–Crippen MR) is 73.4 cm³/mol. The summed E-state index contributed by atoms with van der Waals surface area (Å²) in [6, 6.07) is 8.12. The molecule has 92 valence electrons. The van der Waals surface area contributed by atoms with Crippen LogP contribution >= 0.6 is 15.9 Å². The highest BCUT2D eigenvalue weighted by Gasteiger charge is 2.20. The highest BCUT2D eigenvalue weighted by Crippen LogP contribution is 2.32. The molecule has 17 heavy (non-hydrogen) atoms. The van der Waals surface area contributed by atoms with Crippen molar-refractivity contribution < 1.29 is 4.42 Å². The summed E-state index contributed by atoms with van der Waals surface area (Å²) in [6.07, 6.45) is 1.05. The quantitative estimate of drug-likeness (QED) is 0.667. The lowest BCUT2D eigenvalue weighted by Gasteiger charge is -2.19. The van der Waals surface area contributed by atoms with Crippen molar-refractivity contribution in [3.63, 3.8) is 0 Å². The van der Waals surface area contributed by atoms with E-state index in [2.05, 4.69) is 41.3 Å². The van der Waals surface area contributed by atoms with Crippen LogP contribution in [-0.4, -0.2) is 0 Å². The van der Waals surface area contributed by atoms with Crippen molar-refractivity contribution in [1.29, 1.82) is 0 Å². The number of benzene rings is 1. The minimum absolute atomic E-state index is 0.0549. The second kappa shape index (κ2) is 5.21. The van der Waals surface area contributed by atoms with Gasteiger partial charge in [0, 0.05) is 5.39 Å². The van der Waals surface area contributed by atoms with Gasteiger partial charge in [-0.15, -0.1) is 0 Å². The SMILES string of the molecule is CCC(C)C(NN)c1cc2cccc(Br)c2o1. The zero-order chi connectivity index (χ0) is 12.4. The maximum absolute atomic E-state index is 5.89. The molecule has 0 saturated heterocycles. The highest BCUT2D eigenvalue weighted by atomic mass is 79.9. The molecule has 0 fully saturated rings. The van der Waals surface area contributed by atoms with Crippen LogP contribution in [0.1, 0.15) is 32.1 Å². The maximum atomic E-state index is 5.89. The Hall–Kier alpha value is -0.840. The summed E-state index contributed by atoms with van der Waals surface area (Å²) in [5.41, 5.74) is 3.72. The molecule has 0 radical (unpaired) electrons. The molecule has 0 saturated carbocycles. The Morgan fingerprint density at radius 2 is 2.24 bits per heavy atom. The van der Waals surface area contributed by atoms with Crippen LogP contribution < -0.4 is 11.3 Å². The molecular formula is C13H17BrN2O. The van der Waals surface area contributed by atoms with Gasteiger partial charge in [0.1, 0.15) is 11.3 Å². The van der Waals surface area contributed by atoms with Crippen molar-refractivity contribution in [2.24, 2.45) is 11.8 Å². The number of hydrazine groups is 1. The van der Waals surface area contributed by atoms with Gasteiger partial charge in [-0.3, -0.25) is 5.84 Å². The van der Waals surface area contributed by atoms with E-state index < -0.39 is 0 Å². The summed E-state index contributed by atoms with van der Waals surface area (Å²) in [5.74, 6) is 6.94. The van der Waals surface area contributed by atoms with Crippen molar-refractivity contribution in [3.05, 3.63) is 34.5 Å². The van der Waals surface area contributed by atoms with Crippen LogP contribution in [0.25, 0.3) is 11.0 Å². The number of para-hydroxylation sites is 1. The molecule has 3 nitrogen and oxygen atoms in total. The zero-order valence-electron chi connectivity index (χ0n) is 10.0. The van der Waals surface area contributed by atoms with Crippen molar-refractivity contribution in [2.45, 2.75) is 26.3 Å². The number of nitrogens with two attached hydrogens (primary N) is 1. The zero-order valence-corrected chi connectivity index (χ0v) is 11.6. The van der Waals surface area contributed by atoms with Crippen LogP contribution in [0.4, 0.5) is 0 Å². The smallest absolute Gasteiger partial charge is 0.148 e. The molecule has 1 aromatic carbocycles. The lowest BCUT2D eigenvalue weighted by molar-refractivity contribution is 0.330. The van der Waals surface area contributed by atoms with Gasteiger partial charge in [-0.1, -0.05) is 32.4 Å². The molecule has 2 unspecified atom stereocenters. The number of furan rings is 1. The Bertz CT molecular complexity index is 509. The summed E-state index contributed by atoms with van der Waals surface area (Å²) in [4.78, 5) is 0. The van der Waals surface area contributed by atoms with Gasteiger partial charge in [-0.2, -0.15) is 0 Å². The predicted octanol–water partition coefficient (Wildman–Crippen LogP) is 3.75. The monoisotopic (exact) mass is 296 g/mol. The topological polar surface area (TPSA) is 51.2 Å². The number of halogens is 1. The number of nitrogens with one attached hydrogen (secondary N) is 1. The third-order valence-corrected chi connectivity index (χ3v) is 3.84. The van der Waals surface area contributed by atoms with Gasteiger partial charge in [0.25, 0.3) is 0 Å². The molecule has 0 bridgehead atoms. The molecule has 2 aromatic rings. The minimum atomic E-state index is 0.0549. The largest absolute Gasteiger partial charge is 0.458 e. The van der Waals surface area contributed by atoms with Gasteiger partial charge in [-0.05, 0) is 34.0 Å². The van der Waals surface area contributed by atoms with E-state index in [1.165, 1.54) is 0 Å². The lowest BCUT2D eigenvalue weighted by atomic mass is 9.97. The molecule has 1 aromatic heterocycles. The van der Waals surface area contributed by atoms with Crippen LogP contribution in [0.2, 0.25) is 0 Å². The first kappa shape index (κ1) is 12.6. The van der Waals surface area contributed by atoms with Crippen molar-refractivity contribution >= 4 is 26.9 Å². The van der Waals surface area contributed by atoms with E-state index in [1.807, 2.05) is 18.2 Å². The van der Waals surface area contributed by atoms with Gasteiger partial charge in [0.2, 0.25) is 0 Å². The molecule has 0 spiro atoms. The first-order valence-electron chi connectivity index (χ1n) is 5.81. The molecule has 3 N–H and O–H groups in total. The first-order valence-corrected chi connectivity index (χ1v) is 6.60. The fraction of sp³-hybridized carbons (Fsp3) is 0.385. The second-order valence-electron chi connectivity index (χ2n) is 4.34. The Kier molecular flexibility index (Phi) is 3.86. The van der Waals surface area contributed by atoms with Crippen molar-refractivity contribution in [1.82, 2.24) is 5.43 Å². The average Bonchev–Trinajstić information content (AvgIpc) is 2.75. The van der Waals surface area contributed by atoms with Crippen LogP contribution in [-0.2, 0) is 0 Å². The van der Waals surface area contributed by atoms with Gasteiger partial charge in [0.05, 0.1) is 10.5 Å². The first-order chi connectivity index (χ1) is 8.17. The summed E-state index contributed by atoms with van der Waals surface area (Å²) < 4.78 is 6.86. The maximum Gasteiger partial charge on any atom is 0.148 e. The number of rotatable bonds is 4. The Morgan fingerprint density at radius 1 is 1.47 bits per heavy atom. The lowest BCUT2D eigenvalue weighted by Crippen LogP contribution is -2.32. The van der Waals surface area contributed by atoms with Crippen LogP contribution in [0, 0.1) is 5.92 Å². The van der Waals surface area contributed by atoms with E-state index in [4.69, 9.17) is 10.3 Å². The molecule has 2 rings (SSSR count). The van der Waals surface area contributed by atoms with Crippen LogP contribution in [0.15, 0.2) is 33.2 Å². The Labute approximate surface area is 109 Å². The summed E-state index contributed by atoms with van der Waals surface area (Å²) >= 11 is 3.49. The van der Waals surface area contributed by atoms with Gasteiger partial charge in [0.15, 0.2) is 0 Å². The van der Waals surface area contributed by atoms with E-state index >= 15 is 0 Å². The normalized spacial score (nSPS) is 15.1. The van der Waals surface area contributed by atoms with Gasteiger partial charge >= 0.3 is 0 Å². The van der Waals surface area contributed by atoms with Crippen molar-refractivity contribution in [3.8, 4) is 0 Å². The highest BCUT2D eigenvalue weighted by molar-refractivity contribution is 9.10. The average molecular weight is 297 g/mol. The molecule has 0 aliphatic carbocycles. The molecule has 4 heteroatoms. The molecule has 0 amide bonds. The van der Waals surface area contributed by atoms with Crippen LogP contribution in [0.3, 0.4) is 0 Å². The van der Waals surface area contributed by atoms with Crippen molar-refractivity contribution in [2.75, 3.05) is 0 Å². The molecule has 2 atom stereocenters. The van der Waals surface area contributed by atoms with Gasteiger partial charge < -0.3 is 4.42 Å². The molecular weight excluding hydrogens is 280 g/mol. The van der Waals surface area contributed by atoms with E-state index in [0.717, 1.165) is 27.6 Å². The minimum Gasteiger partial charge on any atom is -0.458 e. The van der Waals surface area contributed by atoms with Gasteiger partial charge in [-0.25, -0.2) is 5.43 Å². The number of fused-ring (bicyclic) bond motifs is 1. The number of hydrogen-bond acceptors (Lipinski definition) is 3. The van der Waals surface area contributed by atoms with E-state index in [9.17, 15) is 0 Å². The van der Waals surface area contributed by atoms with E-state index in [1.54, 1.807) is 0 Å². The summed E-state index contributed by atoms with van der Waals surface area (Å²) in [7, 11) is 0. The third kappa shape index (κ3) is 2.39. The van der Waals surface area contributed by atoms with E-state index in [-0.39, 0.29) is 6.04 Å². The summed E-state index contributed by atoms with van der Waals surface area (Å²) in [5, 5.41) is 1.10. The van der Waals surface area contributed by atoms with E-state index in [0.29, 0.717) is 5.92 Å². The van der Waals surface area contributed by atoms with Crippen LogP contribution in [0.5, 0.6) is 0 Å². The molecule has 0 aliphatic heterocycles. The second-order valence-corrected chi connectivity index (χ2v) is 5.19.